The SMILES string of the molecule is OC1COCC1NCc1cccc2c1OCO2. The van der Waals surface area contributed by atoms with Gasteiger partial charge in [-0.3, -0.25) is 0 Å². The lowest BCUT2D eigenvalue weighted by Crippen LogP contribution is -2.38. The fraction of sp³-hybridized carbons (Fsp3) is 0.500. The lowest BCUT2D eigenvalue weighted by Gasteiger charge is -2.15. The van der Waals surface area contributed by atoms with Gasteiger partial charge in [0, 0.05) is 12.1 Å². The molecule has 3 rings (SSSR count). The quantitative estimate of drug-likeness (QED) is 0.790. The molecule has 1 saturated heterocycles. The molecule has 2 aliphatic heterocycles. The number of para-hydroxylation sites is 1. The third-order valence-corrected chi connectivity index (χ3v) is 3.08. The number of hydrogen-bond donors (Lipinski definition) is 2. The Morgan fingerprint density at radius 2 is 2.24 bits per heavy atom. The smallest absolute Gasteiger partial charge is 0.231 e. The van der Waals surface area contributed by atoms with Crippen LogP contribution in [0.2, 0.25) is 0 Å². The fourth-order valence-corrected chi connectivity index (χ4v) is 2.11. The summed E-state index contributed by atoms with van der Waals surface area (Å²) in [5, 5.41) is 12.9. The predicted molar refractivity (Wildman–Crippen MR) is 60.0 cm³/mol. The van der Waals surface area contributed by atoms with E-state index in [9.17, 15) is 5.11 Å². The van der Waals surface area contributed by atoms with Crippen LogP contribution >= 0.6 is 0 Å². The molecule has 17 heavy (non-hydrogen) atoms. The molecular formula is C12H15NO4. The van der Waals surface area contributed by atoms with Crippen molar-refractivity contribution in [3.05, 3.63) is 23.8 Å². The van der Waals surface area contributed by atoms with Gasteiger partial charge in [0.2, 0.25) is 6.79 Å². The summed E-state index contributed by atoms with van der Waals surface area (Å²) in [6, 6.07) is 5.81. The summed E-state index contributed by atoms with van der Waals surface area (Å²) < 4.78 is 15.9. The number of nitrogens with one attached hydrogen (secondary N) is 1. The molecule has 0 spiro atoms. The lowest BCUT2D eigenvalue weighted by molar-refractivity contribution is 0.122. The summed E-state index contributed by atoms with van der Waals surface area (Å²) in [5.41, 5.74) is 1.04. The van der Waals surface area contributed by atoms with Crippen LogP contribution in [0, 0.1) is 0 Å². The maximum absolute atomic E-state index is 9.62. The molecule has 92 valence electrons. The van der Waals surface area contributed by atoms with Gasteiger partial charge >= 0.3 is 0 Å². The Balaban J connectivity index is 1.67. The van der Waals surface area contributed by atoms with Crippen molar-refractivity contribution < 1.29 is 19.3 Å². The molecule has 2 atom stereocenters. The van der Waals surface area contributed by atoms with Crippen LogP contribution in [0.5, 0.6) is 11.5 Å². The first kappa shape index (κ1) is 10.8. The molecule has 0 amide bonds. The molecule has 2 unspecified atom stereocenters. The Hall–Kier alpha value is -1.30. The van der Waals surface area contributed by atoms with E-state index >= 15 is 0 Å². The molecule has 1 fully saturated rings. The highest BCUT2D eigenvalue weighted by molar-refractivity contribution is 5.48. The number of benzene rings is 1. The van der Waals surface area contributed by atoms with E-state index in [1.165, 1.54) is 0 Å². The van der Waals surface area contributed by atoms with Crippen LogP contribution in [0.15, 0.2) is 18.2 Å². The van der Waals surface area contributed by atoms with Gasteiger partial charge in [-0.25, -0.2) is 0 Å². The van der Waals surface area contributed by atoms with Crippen molar-refractivity contribution in [3.63, 3.8) is 0 Å². The van der Waals surface area contributed by atoms with Crippen LogP contribution in [-0.2, 0) is 11.3 Å². The summed E-state index contributed by atoms with van der Waals surface area (Å²) in [6.45, 7) is 1.87. The van der Waals surface area contributed by atoms with Gasteiger partial charge in [-0.2, -0.15) is 0 Å². The van der Waals surface area contributed by atoms with E-state index < -0.39 is 6.10 Å². The van der Waals surface area contributed by atoms with Gasteiger partial charge < -0.3 is 24.6 Å². The maximum atomic E-state index is 9.62. The van der Waals surface area contributed by atoms with Crippen LogP contribution in [0.1, 0.15) is 5.56 Å². The number of hydrogen-bond acceptors (Lipinski definition) is 5. The van der Waals surface area contributed by atoms with Gasteiger partial charge in [-0.1, -0.05) is 12.1 Å². The largest absolute Gasteiger partial charge is 0.454 e. The van der Waals surface area contributed by atoms with Crippen molar-refractivity contribution in [2.75, 3.05) is 20.0 Å². The van der Waals surface area contributed by atoms with Gasteiger partial charge in [0.15, 0.2) is 11.5 Å². The van der Waals surface area contributed by atoms with Crippen LogP contribution < -0.4 is 14.8 Å². The number of aliphatic hydroxyl groups excluding tert-OH is 1. The van der Waals surface area contributed by atoms with E-state index in [1.807, 2.05) is 18.2 Å². The molecule has 2 N–H and O–H groups in total. The zero-order chi connectivity index (χ0) is 11.7. The second-order valence-electron chi connectivity index (χ2n) is 4.24. The molecule has 0 bridgehead atoms. The van der Waals surface area contributed by atoms with Crippen LogP contribution in [-0.4, -0.2) is 37.3 Å². The van der Waals surface area contributed by atoms with Crippen LogP contribution in [0.4, 0.5) is 0 Å². The fourth-order valence-electron chi connectivity index (χ4n) is 2.11. The van der Waals surface area contributed by atoms with Crippen molar-refractivity contribution in [3.8, 4) is 11.5 Å². The average Bonchev–Trinajstić information content (AvgIpc) is 2.95. The second-order valence-corrected chi connectivity index (χ2v) is 4.24. The van der Waals surface area contributed by atoms with Crippen molar-refractivity contribution in [1.82, 2.24) is 5.32 Å². The molecule has 5 heteroatoms. The molecule has 0 aliphatic carbocycles. The molecule has 5 nitrogen and oxygen atoms in total. The monoisotopic (exact) mass is 237 g/mol. The molecule has 2 aliphatic rings. The molecule has 2 heterocycles. The normalized spacial score (nSPS) is 26.4. The minimum Gasteiger partial charge on any atom is -0.454 e. The standard InChI is InChI=1S/C12H15NO4/c14-10-6-15-5-9(10)13-4-8-2-1-3-11-12(8)17-7-16-11/h1-3,9-10,13-14H,4-7H2. The lowest BCUT2D eigenvalue weighted by atomic mass is 10.1. The molecule has 0 aromatic heterocycles. The van der Waals surface area contributed by atoms with Crippen molar-refractivity contribution in [2.45, 2.75) is 18.7 Å². The Morgan fingerprint density at radius 3 is 3.06 bits per heavy atom. The topological polar surface area (TPSA) is 60.0 Å². The van der Waals surface area contributed by atoms with Crippen LogP contribution in [0.25, 0.3) is 0 Å². The maximum Gasteiger partial charge on any atom is 0.231 e. The molecular weight excluding hydrogens is 222 g/mol. The Labute approximate surface area is 99.3 Å². The number of fused-ring (bicyclic) bond motifs is 1. The highest BCUT2D eigenvalue weighted by atomic mass is 16.7. The number of ether oxygens (including phenoxy) is 3. The van der Waals surface area contributed by atoms with Crippen molar-refractivity contribution in [2.24, 2.45) is 0 Å². The first-order chi connectivity index (χ1) is 8.34. The van der Waals surface area contributed by atoms with E-state index in [-0.39, 0.29) is 12.8 Å². The van der Waals surface area contributed by atoms with Crippen molar-refractivity contribution in [1.29, 1.82) is 0 Å². The van der Waals surface area contributed by atoms with E-state index in [2.05, 4.69) is 5.32 Å². The highest BCUT2D eigenvalue weighted by Crippen LogP contribution is 2.35. The zero-order valence-electron chi connectivity index (χ0n) is 9.39. The molecule has 1 aromatic carbocycles. The Kier molecular flexibility index (Phi) is 2.88. The first-order valence-corrected chi connectivity index (χ1v) is 5.71. The van der Waals surface area contributed by atoms with E-state index in [0.717, 1.165) is 17.1 Å². The Bertz CT molecular complexity index is 409. The third kappa shape index (κ3) is 2.09. The van der Waals surface area contributed by atoms with Crippen LogP contribution in [0.3, 0.4) is 0 Å². The summed E-state index contributed by atoms with van der Waals surface area (Å²) >= 11 is 0. The zero-order valence-corrected chi connectivity index (χ0v) is 9.39. The summed E-state index contributed by atoms with van der Waals surface area (Å²) in [6.07, 6.45) is -0.427. The molecule has 0 radical (unpaired) electrons. The number of rotatable bonds is 3. The Morgan fingerprint density at radius 1 is 1.29 bits per heavy atom. The molecule has 0 saturated carbocycles. The first-order valence-electron chi connectivity index (χ1n) is 5.71. The third-order valence-electron chi connectivity index (χ3n) is 3.08. The van der Waals surface area contributed by atoms with Gasteiger partial charge in [0.05, 0.1) is 25.4 Å². The highest BCUT2D eigenvalue weighted by Gasteiger charge is 2.26. The van der Waals surface area contributed by atoms with E-state index in [0.29, 0.717) is 19.8 Å². The van der Waals surface area contributed by atoms with Gasteiger partial charge in [0.25, 0.3) is 0 Å². The van der Waals surface area contributed by atoms with E-state index in [4.69, 9.17) is 14.2 Å². The van der Waals surface area contributed by atoms with Crippen molar-refractivity contribution >= 4 is 0 Å². The summed E-state index contributed by atoms with van der Waals surface area (Å²) in [4.78, 5) is 0. The minimum absolute atomic E-state index is 0.00632. The number of aliphatic hydroxyl groups is 1. The molecule has 1 aromatic rings. The van der Waals surface area contributed by atoms with E-state index in [1.54, 1.807) is 0 Å². The van der Waals surface area contributed by atoms with Gasteiger partial charge in [0.1, 0.15) is 0 Å². The summed E-state index contributed by atoms with van der Waals surface area (Å²) in [7, 11) is 0. The summed E-state index contributed by atoms with van der Waals surface area (Å²) in [5.74, 6) is 1.58. The second kappa shape index (κ2) is 4.52. The predicted octanol–water partition coefficient (Wildman–Crippen LogP) is 0.265. The minimum atomic E-state index is -0.427. The average molecular weight is 237 g/mol. The van der Waals surface area contributed by atoms with Gasteiger partial charge in [-0.05, 0) is 6.07 Å². The van der Waals surface area contributed by atoms with Gasteiger partial charge in [-0.15, -0.1) is 0 Å².